The minimum absolute atomic E-state index is 0.217. The van der Waals surface area contributed by atoms with Crippen molar-refractivity contribution in [1.29, 1.82) is 0 Å². The molecule has 3 rings (SSSR count). The van der Waals surface area contributed by atoms with Crippen molar-refractivity contribution in [3.63, 3.8) is 0 Å². The van der Waals surface area contributed by atoms with Gasteiger partial charge in [0.15, 0.2) is 0 Å². The molecule has 0 spiro atoms. The number of methoxy groups -OCH3 is 1. The number of anilines is 1. The molecule has 29 heavy (non-hydrogen) atoms. The van der Waals surface area contributed by atoms with Crippen molar-refractivity contribution in [1.82, 2.24) is 10.2 Å². The number of nitrogen functional groups attached to an aromatic ring is 1. The van der Waals surface area contributed by atoms with Gasteiger partial charge in [0.05, 0.1) is 29.5 Å². The molecule has 1 heterocycles. The van der Waals surface area contributed by atoms with E-state index in [1.54, 1.807) is 12.1 Å². The van der Waals surface area contributed by atoms with Gasteiger partial charge in [-0.2, -0.15) is 0 Å². The van der Waals surface area contributed by atoms with Crippen molar-refractivity contribution in [3.05, 3.63) is 58.6 Å². The van der Waals surface area contributed by atoms with Crippen molar-refractivity contribution in [2.75, 3.05) is 39.0 Å². The number of nitrogens with two attached hydrogens (primary N) is 1. The fourth-order valence-corrected chi connectivity index (χ4v) is 3.81. The molecule has 1 fully saturated rings. The first-order valence-electron chi connectivity index (χ1n) is 9.84. The number of piperidine rings is 1. The second kappa shape index (κ2) is 9.96. The van der Waals surface area contributed by atoms with E-state index in [4.69, 9.17) is 22.1 Å². The zero-order valence-electron chi connectivity index (χ0n) is 16.6. The van der Waals surface area contributed by atoms with E-state index in [-0.39, 0.29) is 5.91 Å². The number of benzene rings is 2. The van der Waals surface area contributed by atoms with Crippen LogP contribution < -0.4 is 15.8 Å². The quantitative estimate of drug-likeness (QED) is 0.602. The lowest BCUT2D eigenvalue weighted by Crippen LogP contribution is -2.40. The lowest BCUT2D eigenvalue weighted by molar-refractivity contribution is 0.0851. The summed E-state index contributed by atoms with van der Waals surface area (Å²) in [7, 11) is 1.50. The largest absolute Gasteiger partial charge is 0.496 e. The van der Waals surface area contributed by atoms with Crippen LogP contribution in [0.3, 0.4) is 0 Å². The molecule has 2 aromatic rings. The topological polar surface area (TPSA) is 87.8 Å². The molecule has 1 aliphatic rings. The number of halogens is 1. The van der Waals surface area contributed by atoms with E-state index >= 15 is 0 Å². The van der Waals surface area contributed by atoms with Crippen molar-refractivity contribution < 1.29 is 14.6 Å². The summed E-state index contributed by atoms with van der Waals surface area (Å²) in [6, 6.07) is 12.8. The van der Waals surface area contributed by atoms with E-state index in [1.165, 1.54) is 7.11 Å². The minimum atomic E-state index is -0.477. The number of nitrogens with zero attached hydrogens (tertiary/aromatic N) is 1. The zero-order valence-corrected chi connectivity index (χ0v) is 17.4. The molecule has 0 aliphatic carbocycles. The van der Waals surface area contributed by atoms with Crippen molar-refractivity contribution in [3.8, 4) is 5.75 Å². The molecule has 4 N–H and O–H groups in total. The number of β-amino-alcohol motifs (C(OH)–C–C–N with tert-alkyl or cyclic N) is 1. The molecule has 0 radical (unpaired) electrons. The smallest absolute Gasteiger partial charge is 0.255 e. The highest BCUT2D eigenvalue weighted by atomic mass is 35.5. The third-order valence-electron chi connectivity index (χ3n) is 5.44. The number of aliphatic hydroxyl groups excluding tert-OH is 1. The molecule has 7 heteroatoms. The fraction of sp³-hybridized carbons (Fsp3) is 0.409. The van der Waals surface area contributed by atoms with Gasteiger partial charge in [-0.3, -0.25) is 4.79 Å². The van der Waals surface area contributed by atoms with Gasteiger partial charge in [-0.1, -0.05) is 41.9 Å². The molecule has 156 valence electrons. The van der Waals surface area contributed by atoms with Gasteiger partial charge in [0, 0.05) is 19.2 Å². The van der Waals surface area contributed by atoms with E-state index in [0.717, 1.165) is 31.5 Å². The van der Waals surface area contributed by atoms with Gasteiger partial charge in [-0.25, -0.2) is 0 Å². The van der Waals surface area contributed by atoms with E-state index in [0.29, 0.717) is 41.0 Å². The predicted molar refractivity (Wildman–Crippen MR) is 115 cm³/mol. The maximum absolute atomic E-state index is 12.6. The van der Waals surface area contributed by atoms with Crippen LogP contribution in [0.1, 0.15) is 34.9 Å². The first kappa shape index (κ1) is 21.4. The lowest BCUT2D eigenvalue weighted by Gasteiger charge is -2.33. The Labute approximate surface area is 176 Å². The number of amides is 1. The number of aliphatic hydroxyl groups is 1. The monoisotopic (exact) mass is 417 g/mol. The Morgan fingerprint density at radius 2 is 2.00 bits per heavy atom. The van der Waals surface area contributed by atoms with E-state index < -0.39 is 6.10 Å². The summed E-state index contributed by atoms with van der Waals surface area (Å²) in [4.78, 5) is 14.8. The van der Waals surface area contributed by atoms with E-state index in [9.17, 15) is 9.90 Å². The molecule has 2 aromatic carbocycles. The summed E-state index contributed by atoms with van der Waals surface area (Å²) in [5.74, 6) is 0.596. The Hall–Kier alpha value is -2.28. The van der Waals surface area contributed by atoms with E-state index in [2.05, 4.69) is 10.2 Å². The van der Waals surface area contributed by atoms with Crippen molar-refractivity contribution in [2.24, 2.45) is 5.92 Å². The molecule has 1 atom stereocenters. The van der Waals surface area contributed by atoms with Crippen LogP contribution in [0.5, 0.6) is 5.75 Å². The summed E-state index contributed by atoms with van der Waals surface area (Å²) >= 11 is 6.05. The maximum atomic E-state index is 12.6. The predicted octanol–water partition coefficient (Wildman–Crippen LogP) is 3.11. The molecule has 0 saturated carbocycles. The minimum Gasteiger partial charge on any atom is -0.496 e. The van der Waals surface area contributed by atoms with Gasteiger partial charge < -0.3 is 25.8 Å². The number of hydrogen-bond acceptors (Lipinski definition) is 5. The zero-order chi connectivity index (χ0) is 20.8. The molecule has 6 nitrogen and oxygen atoms in total. The Morgan fingerprint density at radius 3 is 2.66 bits per heavy atom. The van der Waals surface area contributed by atoms with Gasteiger partial charge in [-0.05, 0) is 43.5 Å². The fourth-order valence-electron chi connectivity index (χ4n) is 3.65. The van der Waals surface area contributed by atoms with Crippen LogP contribution in [-0.2, 0) is 0 Å². The number of hydrogen-bond donors (Lipinski definition) is 3. The van der Waals surface area contributed by atoms with Crippen LogP contribution in [0.2, 0.25) is 5.02 Å². The Morgan fingerprint density at radius 1 is 1.31 bits per heavy atom. The number of carbonyl (C=O) groups excluding carboxylic acids is 1. The van der Waals surface area contributed by atoms with Gasteiger partial charge >= 0.3 is 0 Å². The number of rotatable bonds is 7. The Bertz CT molecular complexity index is 824. The summed E-state index contributed by atoms with van der Waals surface area (Å²) in [5, 5.41) is 13.7. The van der Waals surface area contributed by atoms with Crippen molar-refractivity contribution >= 4 is 23.2 Å². The summed E-state index contributed by atoms with van der Waals surface area (Å²) in [6.07, 6.45) is 1.47. The molecule has 1 amide bonds. The SMILES string of the molecule is COc1cc(N)c(Cl)cc1C(=O)NCC1CCN(C[C@@H](O)c2ccccc2)CC1. The van der Waals surface area contributed by atoms with Crippen LogP contribution >= 0.6 is 11.6 Å². The molecule has 0 bridgehead atoms. The Balaban J connectivity index is 1.46. The molecular weight excluding hydrogens is 390 g/mol. The third kappa shape index (κ3) is 5.63. The number of ether oxygens (including phenoxy) is 1. The normalized spacial score (nSPS) is 16.4. The van der Waals surface area contributed by atoms with Gasteiger partial charge in [-0.15, -0.1) is 0 Å². The summed E-state index contributed by atoms with van der Waals surface area (Å²) in [5.41, 5.74) is 7.48. The molecule has 1 saturated heterocycles. The average Bonchev–Trinajstić information content (AvgIpc) is 2.75. The number of likely N-dealkylation sites (tertiary alicyclic amines) is 1. The highest BCUT2D eigenvalue weighted by Gasteiger charge is 2.23. The molecule has 1 aliphatic heterocycles. The van der Waals surface area contributed by atoms with Crippen LogP contribution in [-0.4, -0.2) is 49.2 Å². The summed E-state index contributed by atoms with van der Waals surface area (Å²) in [6.45, 7) is 3.03. The molecule has 0 aromatic heterocycles. The van der Waals surface area contributed by atoms with Crippen molar-refractivity contribution in [2.45, 2.75) is 18.9 Å². The molecular formula is C22H28ClN3O3. The first-order chi connectivity index (χ1) is 14.0. The molecule has 0 unspecified atom stereocenters. The van der Waals surface area contributed by atoms with E-state index in [1.807, 2.05) is 30.3 Å². The second-order valence-corrected chi connectivity index (χ2v) is 7.86. The highest BCUT2D eigenvalue weighted by Crippen LogP contribution is 2.29. The highest BCUT2D eigenvalue weighted by molar-refractivity contribution is 6.33. The lowest BCUT2D eigenvalue weighted by atomic mass is 9.96. The third-order valence-corrected chi connectivity index (χ3v) is 5.76. The average molecular weight is 418 g/mol. The second-order valence-electron chi connectivity index (χ2n) is 7.45. The number of nitrogens with one attached hydrogen (secondary N) is 1. The summed E-state index contributed by atoms with van der Waals surface area (Å²) < 4.78 is 5.25. The standard InChI is InChI=1S/C22H28ClN3O3/c1-29-21-12-19(24)18(23)11-17(21)22(28)25-13-15-7-9-26(10-8-15)14-20(27)16-5-3-2-4-6-16/h2-6,11-12,15,20,27H,7-10,13-14,24H2,1H3,(H,25,28)/t20-/m1/s1. The van der Waals surface area contributed by atoms with Crippen LogP contribution in [0.25, 0.3) is 0 Å². The van der Waals surface area contributed by atoms with Crippen LogP contribution in [0, 0.1) is 5.92 Å². The maximum Gasteiger partial charge on any atom is 0.255 e. The van der Waals surface area contributed by atoms with Gasteiger partial charge in [0.25, 0.3) is 5.91 Å². The van der Waals surface area contributed by atoms with Crippen LogP contribution in [0.15, 0.2) is 42.5 Å². The van der Waals surface area contributed by atoms with Gasteiger partial charge in [0.1, 0.15) is 5.75 Å². The first-order valence-corrected chi connectivity index (χ1v) is 10.2. The van der Waals surface area contributed by atoms with Gasteiger partial charge in [0.2, 0.25) is 0 Å². The number of carbonyl (C=O) groups is 1. The Kier molecular flexibility index (Phi) is 7.36. The van der Waals surface area contributed by atoms with Crippen LogP contribution in [0.4, 0.5) is 5.69 Å².